The topological polar surface area (TPSA) is 71.8 Å². The van der Waals surface area contributed by atoms with E-state index in [-0.39, 0.29) is 5.56 Å². The largest absolute Gasteiger partial charge is 0.330 e. The molecule has 0 amide bonds. The average Bonchev–Trinajstić information content (AvgIpc) is 2.92. The van der Waals surface area contributed by atoms with E-state index >= 15 is 0 Å². The van der Waals surface area contributed by atoms with Crippen molar-refractivity contribution in [2.45, 2.75) is 6.42 Å². The summed E-state index contributed by atoms with van der Waals surface area (Å²) < 4.78 is 0. The zero-order valence-electron chi connectivity index (χ0n) is 10.2. The van der Waals surface area contributed by atoms with Gasteiger partial charge >= 0.3 is 0 Å². The number of nitrogens with two attached hydrogens (primary N) is 1. The third-order valence-electron chi connectivity index (χ3n) is 2.94. The summed E-state index contributed by atoms with van der Waals surface area (Å²) in [6.07, 6.45) is 0.796. The van der Waals surface area contributed by atoms with Gasteiger partial charge in [0.15, 0.2) is 0 Å². The van der Waals surface area contributed by atoms with Crippen LogP contribution in [0.1, 0.15) is 5.56 Å². The summed E-state index contributed by atoms with van der Waals surface area (Å²) in [5.41, 5.74) is 8.53. The number of fused-ring (bicyclic) bond motifs is 1. The zero-order valence-corrected chi connectivity index (χ0v) is 11.0. The first-order chi connectivity index (χ1) is 9.28. The smallest absolute Gasteiger partial charge is 0.275 e. The van der Waals surface area contributed by atoms with Gasteiger partial charge < -0.3 is 10.7 Å². The molecule has 0 aliphatic carbocycles. The fraction of sp³-hybridized carbons (Fsp3) is 0.143. The van der Waals surface area contributed by atoms with E-state index in [2.05, 4.69) is 9.97 Å². The van der Waals surface area contributed by atoms with Gasteiger partial charge in [-0.2, -0.15) is 0 Å². The number of benzene rings is 1. The van der Waals surface area contributed by atoms with Crippen molar-refractivity contribution in [3.8, 4) is 10.6 Å². The quantitative estimate of drug-likeness (QED) is 0.766. The highest BCUT2D eigenvalue weighted by Gasteiger charge is 2.08. The molecule has 3 rings (SSSR count). The number of thiophene rings is 1. The summed E-state index contributed by atoms with van der Waals surface area (Å²) in [7, 11) is 0. The second-order valence-corrected chi connectivity index (χ2v) is 5.23. The predicted octanol–water partition coefficient (Wildman–Crippen LogP) is 2.15. The highest BCUT2D eigenvalue weighted by Crippen LogP contribution is 2.21. The van der Waals surface area contributed by atoms with E-state index in [1.54, 1.807) is 0 Å². The van der Waals surface area contributed by atoms with Crippen LogP contribution in [0.25, 0.3) is 21.6 Å². The minimum absolute atomic E-state index is 0.153. The first-order valence-electron chi connectivity index (χ1n) is 6.05. The second kappa shape index (κ2) is 4.95. The number of H-pyrrole nitrogens is 1. The van der Waals surface area contributed by atoms with Crippen LogP contribution in [0.3, 0.4) is 0 Å². The number of nitrogens with zero attached hydrogens (tertiary/aromatic N) is 1. The van der Waals surface area contributed by atoms with Crippen LogP contribution in [0.15, 0.2) is 40.5 Å². The van der Waals surface area contributed by atoms with Gasteiger partial charge in [0, 0.05) is 0 Å². The number of aromatic nitrogens is 2. The van der Waals surface area contributed by atoms with Crippen molar-refractivity contribution >= 4 is 22.4 Å². The fourth-order valence-corrected chi connectivity index (χ4v) is 2.75. The van der Waals surface area contributed by atoms with Gasteiger partial charge in [0.25, 0.3) is 5.56 Å². The van der Waals surface area contributed by atoms with E-state index in [1.165, 1.54) is 11.3 Å². The monoisotopic (exact) mass is 271 g/mol. The number of aromatic amines is 1. The van der Waals surface area contributed by atoms with Crippen LogP contribution in [-0.4, -0.2) is 16.5 Å². The predicted molar refractivity (Wildman–Crippen MR) is 78.4 cm³/mol. The highest BCUT2D eigenvalue weighted by molar-refractivity contribution is 7.13. The van der Waals surface area contributed by atoms with Gasteiger partial charge in [0.05, 0.1) is 15.9 Å². The summed E-state index contributed by atoms with van der Waals surface area (Å²) in [4.78, 5) is 20.3. The zero-order chi connectivity index (χ0) is 13.2. The summed E-state index contributed by atoms with van der Waals surface area (Å²) in [6.45, 7) is 0.594. The minimum Gasteiger partial charge on any atom is -0.330 e. The van der Waals surface area contributed by atoms with Crippen LogP contribution < -0.4 is 11.3 Å². The van der Waals surface area contributed by atoms with Crippen LogP contribution in [0, 0.1) is 0 Å². The first-order valence-corrected chi connectivity index (χ1v) is 6.93. The Bertz CT molecular complexity index is 762. The summed E-state index contributed by atoms with van der Waals surface area (Å²) in [6, 6.07) is 9.67. The third-order valence-corrected chi connectivity index (χ3v) is 3.82. The SMILES string of the molecule is NCCc1ccc2nc(-c3cccs3)c(=O)[nH]c2c1. The van der Waals surface area contributed by atoms with Crippen LogP contribution in [0.4, 0.5) is 0 Å². The maximum absolute atomic E-state index is 12.1. The van der Waals surface area contributed by atoms with Crippen molar-refractivity contribution in [3.63, 3.8) is 0 Å². The van der Waals surface area contributed by atoms with Gasteiger partial charge in [0.1, 0.15) is 5.69 Å². The Hall–Kier alpha value is -1.98. The van der Waals surface area contributed by atoms with Crippen LogP contribution in [0.2, 0.25) is 0 Å². The molecule has 0 saturated carbocycles. The molecule has 0 unspecified atom stereocenters. The molecular weight excluding hydrogens is 258 g/mol. The molecule has 0 saturated heterocycles. The Labute approximate surface area is 113 Å². The average molecular weight is 271 g/mol. The van der Waals surface area contributed by atoms with Crippen molar-refractivity contribution in [1.82, 2.24) is 9.97 Å². The lowest BCUT2D eigenvalue weighted by atomic mass is 10.1. The van der Waals surface area contributed by atoms with E-state index < -0.39 is 0 Å². The molecular formula is C14H13N3OS. The van der Waals surface area contributed by atoms with Crippen molar-refractivity contribution in [3.05, 3.63) is 51.6 Å². The molecule has 3 N–H and O–H groups in total. The Balaban J connectivity index is 2.16. The van der Waals surface area contributed by atoms with E-state index in [9.17, 15) is 4.79 Å². The molecule has 0 fully saturated rings. The summed E-state index contributed by atoms with van der Waals surface area (Å²) in [5, 5.41) is 1.94. The fourth-order valence-electron chi connectivity index (χ4n) is 2.04. The molecule has 0 bridgehead atoms. The molecule has 2 aromatic heterocycles. The standard InChI is InChI=1S/C14H13N3OS/c15-6-5-9-3-4-10-11(8-9)17-14(18)13(16-10)12-2-1-7-19-12/h1-4,7-8H,5-6,15H2,(H,17,18). The number of nitrogens with one attached hydrogen (secondary N) is 1. The molecule has 96 valence electrons. The maximum Gasteiger partial charge on any atom is 0.275 e. The number of hydrogen-bond acceptors (Lipinski definition) is 4. The molecule has 0 atom stereocenters. The molecule has 0 spiro atoms. The Morgan fingerprint density at radius 3 is 2.95 bits per heavy atom. The van der Waals surface area contributed by atoms with Crippen LogP contribution in [-0.2, 0) is 6.42 Å². The van der Waals surface area contributed by atoms with E-state index in [4.69, 9.17) is 5.73 Å². The lowest BCUT2D eigenvalue weighted by Crippen LogP contribution is -2.11. The lowest BCUT2D eigenvalue weighted by Gasteiger charge is -2.03. The minimum atomic E-state index is -0.153. The van der Waals surface area contributed by atoms with E-state index in [1.807, 2.05) is 35.7 Å². The highest BCUT2D eigenvalue weighted by atomic mass is 32.1. The summed E-state index contributed by atoms with van der Waals surface area (Å²) in [5.74, 6) is 0. The molecule has 5 heteroatoms. The Morgan fingerprint density at radius 1 is 1.32 bits per heavy atom. The van der Waals surface area contributed by atoms with Crippen molar-refractivity contribution in [2.24, 2.45) is 5.73 Å². The van der Waals surface area contributed by atoms with Crippen molar-refractivity contribution in [2.75, 3.05) is 6.54 Å². The Morgan fingerprint density at radius 2 is 2.21 bits per heavy atom. The molecule has 3 aromatic rings. The second-order valence-electron chi connectivity index (χ2n) is 4.28. The van der Waals surface area contributed by atoms with Crippen LogP contribution in [0.5, 0.6) is 0 Å². The normalized spacial score (nSPS) is 11.0. The van der Waals surface area contributed by atoms with Gasteiger partial charge in [-0.3, -0.25) is 4.79 Å². The first kappa shape index (κ1) is 12.1. The number of rotatable bonds is 3. The molecule has 0 radical (unpaired) electrons. The molecule has 4 nitrogen and oxygen atoms in total. The van der Waals surface area contributed by atoms with Crippen LogP contribution >= 0.6 is 11.3 Å². The van der Waals surface area contributed by atoms with Gasteiger partial charge in [-0.25, -0.2) is 4.98 Å². The molecule has 1 aromatic carbocycles. The number of hydrogen-bond donors (Lipinski definition) is 2. The molecule has 19 heavy (non-hydrogen) atoms. The molecule has 0 aliphatic rings. The van der Waals surface area contributed by atoms with Crippen molar-refractivity contribution in [1.29, 1.82) is 0 Å². The summed E-state index contributed by atoms with van der Waals surface area (Å²) >= 11 is 1.51. The maximum atomic E-state index is 12.1. The van der Waals surface area contributed by atoms with E-state index in [0.29, 0.717) is 12.2 Å². The van der Waals surface area contributed by atoms with Gasteiger partial charge in [0.2, 0.25) is 0 Å². The third kappa shape index (κ3) is 2.30. The van der Waals surface area contributed by atoms with Crippen molar-refractivity contribution < 1.29 is 0 Å². The van der Waals surface area contributed by atoms with Gasteiger partial charge in [-0.05, 0) is 42.1 Å². The van der Waals surface area contributed by atoms with E-state index in [0.717, 1.165) is 27.9 Å². The molecule has 2 heterocycles. The Kier molecular flexibility index (Phi) is 3.15. The van der Waals surface area contributed by atoms with Gasteiger partial charge in [-0.15, -0.1) is 11.3 Å². The molecule has 0 aliphatic heterocycles. The van der Waals surface area contributed by atoms with Gasteiger partial charge in [-0.1, -0.05) is 12.1 Å². The lowest BCUT2D eigenvalue weighted by molar-refractivity contribution is 0.969.